The first-order chi connectivity index (χ1) is 12.1. The second-order valence-corrected chi connectivity index (χ2v) is 7.99. The Morgan fingerprint density at radius 2 is 2.12 bits per heavy atom. The Balaban J connectivity index is 2.25. The van der Waals surface area contributed by atoms with Crippen LogP contribution >= 0.6 is 0 Å². The third-order valence-corrected chi connectivity index (χ3v) is 5.51. The van der Waals surface area contributed by atoms with Crippen molar-refractivity contribution >= 4 is 5.97 Å². The molecule has 0 aliphatic carbocycles. The third kappa shape index (κ3) is 2.68. The lowest BCUT2D eigenvalue weighted by Gasteiger charge is -2.41. The van der Waals surface area contributed by atoms with Gasteiger partial charge in [0, 0.05) is 24.1 Å². The summed E-state index contributed by atoms with van der Waals surface area (Å²) in [6, 6.07) is 1.49. The molecule has 2 aliphatic rings. The maximum Gasteiger partial charge on any atom is 0.340 e. The minimum Gasteiger partial charge on any atom is -0.479 e. The molecule has 2 atom stereocenters. The van der Waals surface area contributed by atoms with Crippen molar-refractivity contribution in [1.82, 2.24) is 4.57 Å². The molecule has 144 valence electrons. The second-order valence-electron chi connectivity index (χ2n) is 7.99. The first-order valence-corrected chi connectivity index (χ1v) is 8.75. The highest BCUT2D eigenvalue weighted by molar-refractivity contribution is 5.79. The van der Waals surface area contributed by atoms with Crippen molar-refractivity contribution in [1.29, 1.82) is 0 Å². The van der Waals surface area contributed by atoms with Crippen LogP contribution in [0.25, 0.3) is 0 Å². The monoisotopic (exact) mass is 367 g/mol. The number of aromatic nitrogens is 1. The van der Waals surface area contributed by atoms with Crippen LogP contribution in [0.4, 0.5) is 0 Å². The van der Waals surface area contributed by atoms with E-state index in [2.05, 4.69) is 0 Å². The molecule has 0 saturated carbocycles. The first-order valence-electron chi connectivity index (χ1n) is 8.75. The molecule has 1 spiro atoms. The molecule has 1 fully saturated rings. The topological polar surface area (TPSA) is 118 Å². The number of nitrogens with zero attached hydrogens (tertiary/aromatic N) is 1. The zero-order valence-corrected chi connectivity index (χ0v) is 15.2. The van der Waals surface area contributed by atoms with Crippen molar-refractivity contribution in [2.24, 2.45) is 5.41 Å². The van der Waals surface area contributed by atoms with Gasteiger partial charge in [0.25, 0.3) is 5.56 Å². The van der Waals surface area contributed by atoms with Crippen molar-refractivity contribution in [3.05, 3.63) is 33.2 Å². The molecule has 3 N–H and O–H groups in total. The molecule has 0 radical (unpaired) electrons. The number of carboxylic acid groups (broad SMARTS) is 1. The summed E-state index contributed by atoms with van der Waals surface area (Å²) in [5.41, 5.74) is -3.54. The molecule has 0 bridgehead atoms. The normalized spacial score (nSPS) is 26.5. The van der Waals surface area contributed by atoms with E-state index in [1.54, 1.807) is 0 Å². The quantitative estimate of drug-likeness (QED) is 0.679. The maximum absolute atomic E-state index is 12.9. The second kappa shape index (κ2) is 6.16. The first kappa shape index (κ1) is 19.0. The Labute approximate surface area is 150 Å². The minimum atomic E-state index is -2.26. The summed E-state index contributed by atoms with van der Waals surface area (Å²) in [6.45, 7) is 5.70. The summed E-state index contributed by atoms with van der Waals surface area (Å²) in [4.78, 5) is 35.6. The largest absolute Gasteiger partial charge is 0.479 e. The smallest absolute Gasteiger partial charge is 0.340 e. The molecular weight excluding hydrogens is 342 g/mol. The van der Waals surface area contributed by atoms with E-state index in [0.717, 1.165) is 0 Å². The van der Waals surface area contributed by atoms with Crippen molar-refractivity contribution in [2.45, 2.75) is 64.4 Å². The van der Waals surface area contributed by atoms with E-state index < -0.39 is 29.3 Å². The summed E-state index contributed by atoms with van der Waals surface area (Å²) in [6.07, 6.45) is 0.945. The van der Waals surface area contributed by atoms with Crippen LogP contribution in [0.3, 0.4) is 0 Å². The van der Waals surface area contributed by atoms with Gasteiger partial charge < -0.3 is 19.9 Å². The van der Waals surface area contributed by atoms with Crippen molar-refractivity contribution in [3.8, 4) is 0 Å². The van der Waals surface area contributed by atoms with Crippen LogP contribution in [0.1, 0.15) is 56.9 Å². The van der Waals surface area contributed by atoms with Gasteiger partial charge in [-0.05, 0) is 24.3 Å². The minimum absolute atomic E-state index is 0.0838. The van der Waals surface area contributed by atoms with Gasteiger partial charge in [0.2, 0.25) is 0 Å². The number of pyridine rings is 1. The molecule has 0 amide bonds. The fourth-order valence-electron chi connectivity index (χ4n) is 4.11. The highest BCUT2D eigenvalue weighted by atomic mass is 17.2. The number of rotatable bonds is 4. The molecule has 8 heteroatoms. The molecule has 1 aromatic heterocycles. The van der Waals surface area contributed by atoms with E-state index in [0.29, 0.717) is 31.7 Å². The van der Waals surface area contributed by atoms with Gasteiger partial charge in [-0.15, -0.1) is 0 Å². The average Bonchev–Trinajstić information content (AvgIpc) is 2.90. The fourth-order valence-corrected chi connectivity index (χ4v) is 4.11. The van der Waals surface area contributed by atoms with Gasteiger partial charge in [0.05, 0.1) is 18.9 Å². The molecule has 0 aromatic carbocycles. The number of fused-ring (bicyclic) bond motifs is 2. The van der Waals surface area contributed by atoms with Crippen LogP contribution in [0, 0.1) is 5.41 Å². The highest BCUT2D eigenvalue weighted by Crippen LogP contribution is 2.48. The Hall–Kier alpha value is -1.74. The van der Waals surface area contributed by atoms with Gasteiger partial charge in [-0.3, -0.25) is 4.79 Å². The van der Waals surface area contributed by atoms with Crippen molar-refractivity contribution in [2.75, 3.05) is 6.61 Å². The van der Waals surface area contributed by atoms with Crippen LogP contribution in [0.5, 0.6) is 0 Å². The predicted molar refractivity (Wildman–Crippen MR) is 90.2 cm³/mol. The van der Waals surface area contributed by atoms with Crippen LogP contribution in [0.2, 0.25) is 0 Å². The van der Waals surface area contributed by atoms with Gasteiger partial charge in [-0.2, -0.15) is 0 Å². The van der Waals surface area contributed by atoms with E-state index in [-0.39, 0.29) is 23.0 Å². The number of carbonyl (C=O) groups is 1. The Bertz CT molecular complexity index is 799. The van der Waals surface area contributed by atoms with E-state index in [9.17, 15) is 24.9 Å². The molecule has 2 aliphatic heterocycles. The van der Waals surface area contributed by atoms with Gasteiger partial charge in [0.1, 0.15) is 5.60 Å². The predicted octanol–water partition coefficient (Wildman–Crippen LogP) is 1.000. The highest BCUT2D eigenvalue weighted by Gasteiger charge is 2.51. The molecule has 3 rings (SSSR count). The molecule has 8 nitrogen and oxygen atoms in total. The Morgan fingerprint density at radius 3 is 2.65 bits per heavy atom. The van der Waals surface area contributed by atoms with Gasteiger partial charge in [-0.1, -0.05) is 20.8 Å². The molecule has 26 heavy (non-hydrogen) atoms. The zero-order chi connectivity index (χ0) is 19.3. The lowest BCUT2D eigenvalue weighted by Crippen LogP contribution is -2.43. The summed E-state index contributed by atoms with van der Waals surface area (Å²) < 4.78 is 1.48. The molecule has 1 saturated heterocycles. The van der Waals surface area contributed by atoms with Crippen LogP contribution in [-0.2, 0) is 38.9 Å². The van der Waals surface area contributed by atoms with Crippen molar-refractivity contribution in [3.63, 3.8) is 0 Å². The SMILES string of the molecule is CC[C@@](O)(C(=O)O)c1cc2n(c(=O)c1CO)CCC21CC(C)(C)COO1. The van der Waals surface area contributed by atoms with Crippen molar-refractivity contribution < 1.29 is 29.9 Å². The van der Waals surface area contributed by atoms with E-state index >= 15 is 0 Å². The van der Waals surface area contributed by atoms with Crippen LogP contribution in [0.15, 0.2) is 10.9 Å². The number of carboxylic acids is 1. The van der Waals surface area contributed by atoms with Gasteiger partial charge >= 0.3 is 5.97 Å². The fraction of sp³-hybridized carbons (Fsp3) is 0.667. The number of hydrogen-bond donors (Lipinski definition) is 3. The lowest BCUT2D eigenvalue weighted by molar-refractivity contribution is -0.410. The lowest BCUT2D eigenvalue weighted by atomic mass is 9.77. The number of aliphatic carboxylic acids is 1. The number of aliphatic hydroxyl groups excluding tert-OH is 1. The molecular formula is C18H25NO7. The summed E-state index contributed by atoms with van der Waals surface area (Å²) in [5.74, 6) is -1.47. The Kier molecular flexibility index (Phi) is 4.51. The summed E-state index contributed by atoms with van der Waals surface area (Å²) >= 11 is 0. The van der Waals surface area contributed by atoms with E-state index in [1.807, 2.05) is 13.8 Å². The number of hydrogen-bond acceptors (Lipinski definition) is 6. The Morgan fingerprint density at radius 1 is 1.42 bits per heavy atom. The third-order valence-electron chi connectivity index (χ3n) is 5.51. The zero-order valence-electron chi connectivity index (χ0n) is 15.2. The van der Waals surface area contributed by atoms with Gasteiger partial charge in [0.15, 0.2) is 5.60 Å². The van der Waals surface area contributed by atoms with E-state index in [4.69, 9.17) is 9.78 Å². The molecule has 1 aromatic rings. The van der Waals surface area contributed by atoms with Gasteiger partial charge in [-0.25, -0.2) is 14.6 Å². The standard InChI is InChI=1S/C18H25NO7/c1-4-18(24,15(22)23)12-7-13-17(9-16(2,3)10-25-26-17)5-6-19(13)14(21)11(12)8-20/h7,20,24H,4-6,8-10H2,1-3H3,(H,22,23)/t17?,18-/m0/s1. The number of aliphatic hydroxyl groups is 2. The average molecular weight is 367 g/mol. The van der Waals surface area contributed by atoms with Crippen LogP contribution in [-0.4, -0.2) is 32.5 Å². The maximum atomic E-state index is 12.9. The van der Waals surface area contributed by atoms with Crippen LogP contribution < -0.4 is 5.56 Å². The van der Waals surface area contributed by atoms with E-state index in [1.165, 1.54) is 17.6 Å². The molecule has 1 unspecified atom stereocenters. The summed E-state index contributed by atoms with van der Waals surface area (Å²) in [7, 11) is 0. The summed E-state index contributed by atoms with van der Waals surface area (Å²) in [5, 5.41) is 29.9. The molecule has 3 heterocycles.